The molecule has 3 rings (SSSR count). The van der Waals surface area contributed by atoms with Crippen molar-refractivity contribution in [2.45, 2.75) is 31.4 Å². The highest BCUT2D eigenvalue weighted by Crippen LogP contribution is 2.24. The highest BCUT2D eigenvalue weighted by molar-refractivity contribution is 5.95. The summed E-state index contributed by atoms with van der Waals surface area (Å²) in [4.78, 5) is 24.4. The first-order chi connectivity index (χ1) is 13.6. The van der Waals surface area contributed by atoms with Gasteiger partial charge in [-0.25, -0.2) is 5.48 Å². The second-order valence-corrected chi connectivity index (χ2v) is 6.99. The van der Waals surface area contributed by atoms with Crippen LogP contribution in [0.25, 0.3) is 0 Å². The minimum Gasteiger partial charge on any atom is -0.489 e. The third kappa shape index (κ3) is 5.31. The molecular formula is C21H25N3O4. The number of piperidine rings is 1. The van der Waals surface area contributed by atoms with Gasteiger partial charge in [0.25, 0.3) is 5.91 Å². The molecule has 0 radical (unpaired) electrons. The molecule has 7 heteroatoms. The van der Waals surface area contributed by atoms with Crippen LogP contribution in [-0.4, -0.2) is 35.7 Å². The number of nitrogens with one attached hydrogen (secondary N) is 3. The number of hydrogen-bond donors (Lipinski definition) is 4. The molecule has 28 heavy (non-hydrogen) atoms. The Bertz CT molecular complexity index is 787. The van der Waals surface area contributed by atoms with Crippen molar-refractivity contribution in [3.63, 3.8) is 0 Å². The van der Waals surface area contributed by atoms with Crippen LogP contribution >= 0.6 is 0 Å². The van der Waals surface area contributed by atoms with Gasteiger partial charge in [0.05, 0.1) is 12.0 Å². The fourth-order valence-corrected chi connectivity index (χ4v) is 3.35. The van der Waals surface area contributed by atoms with Crippen molar-refractivity contribution >= 4 is 11.8 Å². The molecule has 0 saturated carbocycles. The molecule has 7 nitrogen and oxygen atoms in total. The molecule has 2 amide bonds. The number of ether oxygens (including phenoxy) is 1. The van der Waals surface area contributed by atoms with E-state index in [1.54, 1.807) is 29.7 Å². The number of rotatable bonds is 7. The summed E-state index contributed by atoms with van der Waals surface area (Å²) < 4.78 is 5.74. The topological polar surface area (TPSA) is 99.7 Å². The highest BCUT2D eigenvalue weighted by Gasteiger charge is 2.36. The third-order valence-corrected chi connectivity index (χ3v) is 4.93. The third-order valence-electron chi connectivity index (χ3n) is 4.93. The molecule has 2 aromatic rings. The number of carbonyl (C=O) groups is 2. The fourth-order valence-electron chi connectivity index (χ4n) is 3.35. The molecule has 0 bridgehead atoms. The number of benzene rings is 2. The van der Waals surface area contributed by atoms with E-state index in [1.807, 2.05) is 30.3 Å². The predicted octanol–water partition coefficient (Wildman–Crippen LogP) is 2.01. The standard InChI is InChI=1S/C21H25N3O4/c25-19(24-27)14-21(10-12-22-13-11-21)23-20(26)17-6-8-18(9-7-17)28-15-16-4-2-1-3-5-16/h1-9,22,27H,10-15H2,(H,23,26)(H,24,25). The van der Waals surface area contributed by atoms with Crippen molar-refractivity contribution in [1.82, 2.24) is 16.1 Å². The van der Waals surface area contributed by atoms with Crippen molar-refractivity contribution < 1.29 is 19.5 Å². The molecule has 4 N–H and O–H groups in total. The molecule has 0 unspecified atom stereocenters. The van der Waals surface area contributed by atoms with Crippen LogP contribution in [0.5, 0.6) is 5.75 Å². The molecule has 0 spiro atoms. The number of amides is 2. The van der Waals surface area contributed by atoms with Gasteiger partial charge in [0.2, 0.25) is 5.91 Å². The lowest BCUT2D eigenvalue weighted by atomic mass is 9.84. The first kappa shape index (κ1) is 19.9. The van der Waals surface area contributed by atoms with Crippen LogP contribution in [0.15, 0.2) is 54.6 Å². The van der Waals surface area contributed by atoms with Crippen LogP contribution in [0.4, 0.5) is 0 Å². The van der Waals surface area contributed by atoms with Gasteiger partial charge in [0, 0.05) is 5.56 Å². The Morgan fingerprint density at radius 1 is 1.04 bits per heavy atom. The number of carbonyl (C=O) groups excluding carboxylic acids is 2. The Morgan fingerprint density at radius 2 is 1.71 bits per heavy atom. The van der Waals surface area contributed by atoms with E-state index in [1.165, 1.54) is 0 Å². The Balaban J connectivity index is 1.62. The average molecular weight is 383 g/mol. The monoisotopic (exact) mass is 383 g/mol. The van der Waals surface area contributed by atoms with Crippen molar-refractivity contribution in [1.29, 1.82) is 0 Å². The van der Waals surface area contributed by atoms with Gasteiger partial charge >= 0.3 is 0 Å². The molecular weight excluding hydrogens is 358 g/mol. The largest absolute Gasteiger partial charge is 0.489 e. The fraction of sp³-hybridized carbons (Fsp3) is 0.333. The van der Waals surface area contributed by atoms with E-state index < -0.39 is 11.4 Å². The summed E-state index contributed by atoms with van der Waals surface area (Å²) in [6, 6.07) is 16.8. The zero-order chi connectivity index (χ0) is 19.8. The van der Waals surface area contributed by atoms with Crippen molar-refractivity contribution in [3.8, 4) is 5.75 Å². The Labute approximate surface area is 164 Å². The first-order valence-electron chi connectivity index (χ1n) is 9.33. The zero-order valence-electron chi connectivity index (χ0n) is 15.6. The molecule has 1 aliphatic rings. The SMILES string of the molecule is O=C(CC1(NC(=O)c2ccc(OCc3ccccc3)cc2)CCNCC1)NO. The molecule has 148 valence electrons. The second-order valence-electron chi connectivity index (χ2n) is 6.99. The molecule has 1 aliphatic heterocycles. The summed E-state index contributed by atoms with van der Waals surface area (Å²) >= 11 is 0. The Kier molecular flexibility index (Phi) is 6.62. The van der Waals surface area contributed by atoms with Crippen LogP contribution in [0.2, 0.25) is 0 Å². The van der Waals surface area contributed by atoms with E-state index in [-0.39, 0.29) is 12.3 Å². The van der Waals surface area contributed by atoms with Crippen LogP contribution in [-0.2, 0) is 11.4 Å². The highest BCUT2D eigenvalue weighted by atomic mass is 16.5. The lowest BCUT2D eigenvalue weighted by Gasteiger charge is -2.37. The van der Waals surface area contributed by atoms with Gasteiger partial charge in [-0.05, 0) is 55.8 Å². The van der Waals surface area contributed by atoms with Crippen LogP contribution in [0.3, 0.4) is 0 Å². The summed E-state index contributed by atoms with van der Waals surface area (Å²) in [6.07, 6.45) is 1.27. The van der Waals surface area contributed by atoms with E-state index in [0.717, 1.165) is 5.56 Å². The Morgan fingerprint density at radius 3 is 2.36 bits per heavy atom. The van der Waals surface area contributed by atoms with Crippen molar-refractivity contribution in [3.05, 3.63) is 65.7 Å². The molecule has 1 saturated heterocycles. The van der Waals surface area contributed by atoms with Gasteiger partial charge in [-0.3, -0.25) is 14.8 Å². The molecule has 0 atom stereocenters. The predicted molar refractivity (Wildman–Crippen MR) is 104 cm³/mol. The van der Waals surface area contributed by atoms with E-state index in [9.17, 15) is 9.59 Å². The second kappa shape index (κ2) is 9.34. The maximum atomic E-state index is 12.7. The van der Waals surface area contributed by atoms with Gasteiger partial charge in [-0.15, -0.1) is 0 Å². The van der Waals surface area contributed by atoms with Crippen LogP contribution in [0.1, 0.15) is 35.2 Å². The van der Waals surface area contributed by atoms with Gasteiger partial charge in [0.1, 0.15) is 12.4 Å². The molecule has 0 aliphatic carbocycles. The quantitative estimate of drug-likeness (QED) is 0.433. The van der Waals surface area contributed by atoms with Crippen LogP contribution < -0.4 is 20.9 Å². The van der Waals surface area contributed by atoms with Gasteiger partial charge in [-0.2, -0.15) is 0 Å². The maximum absolute atomic E-state index is 12.7. The average Bonchev–Trinajstić information content (AvgIpc) is 2.73. The number of hydroxylamine groups is 1. The molecule has 2 aromatic carbocycles. The molecule has 0 aromatic heterocycles. The summed E-state index contributed by atoms with van der Waals surface area (Å²) in [5, 5.41) is 15.1. The smallest absolute Gasteiger partial charge is 0.251 e. The zero-order valence-corrected chi connectivity index (χ0v) is 15.6. The minimum absolute atomic E-state index is 0.0369. The van der Waals surface area contributed by atoms with E-state index >= 15 is 0 Å². The minimum atomic E-state index is -0.669. The summed E-state index contributed by atoms with van der Waals surface area (Å²) in [7, 11) is 0. The lowest BCUT2D eigenvalue weighted by molar-refractivity contribution is -0.130. The Hall–Kier alpha value is -2.90. The van der Waals surface area contributed by atoms with E-state index in [0.29, 0.717) is 43.9 Å². The summed E-state index contributed by atoms with van der Waals surface area (Å²) in [5.74, 6) is -0.0780. The molecule has 1 fully saturated rings. The first-order valence-corrected chi connectivity index (χ1v) is 9.33. The van der Waals surface area contributed by atoms with Crippen molar-refractivity contribution in [2.24, 2.45) is 0 Å². The maximum Gasteiger partial charge on any atom is 0.251 e. The van der Waals surface area contributed by atoms with Gasteiger partial charge < -0.3 is 15.4 Å². The van der Waals surface area contributed by atoms with Crippen LogP contribution in [0, 0.1) is 0 Å². The normalized spacial score (nSPS) is 15.5. The van der Waals surface area contributed by atoms with Gasteiger partial charge in [0.15, 0.2) is 0 Å². The molecule has 1 heterocycles. The number of hydrogen-bond acceptors (Lipinski definition) is 5. The van der Waals surface area contributed by atoms with E-state index in [4.69, 9.17) is 9.94 Å². The van der Waals surface area contributed by atoms with Crippen molar-refractivity contribution in [2.75, 3.05) is 13.1 Å². The lowest BCUT2D eigenvalue weighted by Crippen LogP contribution is -2.56. The summed E-state index contributed by atoms with van der Waals surface area (Å²) in [5.41, 5.74) is 2.55. The summed E-state index contributed by atoms with van der Waals surface area (Å²) in [6.45, 7) is 1.86. The van der Waals surface area contributed by atoms with Gasteiger partial charge in [-0.1, -0.05) is 30.3 Å². The van der Waals surface area contributed by atoms with E-state index in [2.05, 4.69) is 10.6 Å².